The van der Waals surface area contributed by atoms with Crippen molar-refractivity contribution < 1.29 is 17.9 Å². The number of pyridine rings is 1. The zero-order chi connectivity index (χ0) is 26.0. The lowest BCUT2D eigenvalue weighted by atomic mass is 10.0. The molecule has 8 nitrogen and oxygen atoms in total. The maximum Gasteiger partial charge on any atom is 0.573 e. The summed E-state index contributed by atoms with van der Waals surface area (Å²) in [4.78, 5) is 25.9. The van der Waals surface area contributed by atoms with E-state index in [-0.39, 0.29) is 23.5 Å². The van der Waals surface area contributed by atoms with Crippen molar-refractivity contribution in [2.45, 2.75) is 51.7 Å². The Balaban J connectivity index is 1.62. The second kappa shape index (κ2) is 10.1. The minimum atomic E-state index is -4.72. The Morgan fingerprint density at radius 2 is 1.75 bits per heavy atom. The van der Waals surface area contributed by atoms with Gasteiger partial charge in [0, 0.05) is 38.8 Å². The number of hydrogen-bond acceptors (Lipinski definition) is 7. The molecule has 0 unspecified atom stereocenters. The Labute approximate surface area is 206 Å². The highest BCUT2D eigenvalue weighted by molar-refractivity contribution is 5.86. The van der Waals surface area contributed by atoms with Gasteiger partial charge in [-0.25, -0.2) is 9.78 Å². The molecule has 190 valence electrons. The number of alkyl halides is 3. The van der Waals surface area contributed by atoms with Gasteiger partial charge in [-0.15, -0.1) is 13.2 Å². The first kappa shape index (κ1) is 25.4. The summed E-state index contributed by atoms with van der Waals surface area (Å²) < 4.78 is 42.8. The molecule has 1 aromatic carbocycles. The molecular formula is C25H27F3N6O2. The minimum absolute atomic E-state index is 0.0241. The molecule has 3 heterocycles. The summed E-state index contributed by atoms with van der Waals surface area (Å²) in [5.41, 5.74) is 1.86. The van der Waals surface area contributed by atoms with Crippen molar-refractivity contribution >= 4 is 16.9 Å². The molecule has 2 aromatic heterocycles. The molecule has 2 atom stereocenters. The zero-order valence-corrected chi connectivity index (χ0v) is 20.3. The molecular weight excluding hydrogens is 473 g/mol. The highest BCUT2D eigenvalue weighted by Crippen LogP contribution is 2.30. The van der Waals surface area contributed by atoms with Crippen LogP contribution in [0.2, 0.25) is 0 Å². The quantitative estimate of drug-likeness (QED) is 0.506. The number of rotatable bonds is 6. The summed E-state index contributed by atoms with van der Waals surface area (Å²) in [5, 5.41) is 9.36. The number of aromatic nitrogens is 3. The van der Waals surface area contributed by atoms with Crippen LogP contribution in [0.4, 0.5) is 19.0 Å². The SMILES string of the molecule is CC[C@@H]1CN(c2nc(=O)n(C)c3ccc(C#N)nc23)[C@@H](CC)CN1Cc1ccc(OC(F)(F)F)cc1. The number of halogens is 3. The Kier molecular flexibility index (Phi) is 7.17. The first-order valence-corrected chi connectivity index (χ1v) is 11.8. The fraction of sp³-hybridized carbons (Fsp3) is 0.440. The molecule has 1 fully saturated rings. The summed E-state index contributed by atoms with van der Waals surface area (Å²) in [6, 6.07) is 11.4. The van der Waals surface area contributed by atoms with Crippen LogP contribution >= 0.6 is 0 Å². The summed E-state index contributed by atoms with van der Waals surface area (Å²) >= 11 is 0. The van der Waals surface area contributed by atoms with Crippen LogP contribution in [0.1, 0.15) is 37.9 Å². The summed E-state index contributed by atoms with van der Waals surface area (Å²) in [6.45, 7) is 5.97. The highest BCUT2D eigenvalue weighted by Gasteiger charge is 2.35. The van der Waals surface area contributed by atoms with Crippen LogP contribution < -0.4 is 15.3 Å². The van der Waals surface area contributed by atoms with Crippen molar-refractivity contribution in [1.82, 2.24) is 19.4 Å². The smallest absolute Gasteiger partial charge is 0.406 e. The van der Waals surface area contributed by atoms with Crippen LogP contribution in [0.25, 0.3) is 11.0 Å². The average molecular weight is 501 g/mol. The molecule has 0 radical (unpaired) electrons. The number of piperazine rings is 1. The van der Waals surface area contributed by atoms with E-state index in [0.29, 0.717) is 36.5 Å². The molecule has 36 heavy (non-hydrogen) atoms. The molecule has 0 aliphatic carbocycles. The van der Waals surface area contributed by atoms with Crippen molar-refractivity contribution in [2.75, 3.05) is 18.0 Å². The fourth-order valence-corrected chi connectivity index (χ4v) is 4.70. The number of benzene rings is 1. The third-order valence-corrected chi connectivity index (χ3v) is 6.62. The predicted octanol–water partition coefficient (Wildman–Crippen LogP) is 3.98. The van der Waals surface area contributed by atoms with E-state index in [0.717, 1.165) is 18.4 Å². The van der Waals surface area contributed by atoms with Gasteiger partial charge in [-0.05, 0) is 42.7 Å². The van der Waals surface area contributed by atoms with Gasteiger partial charge in [0.05, 0.1) is 5.52 Å². The van der Waals surface area contributed by atoms with Crippen LogP contribution in [0, 0.1) is 11.3 Å². The van der Waals surface area contributed by atoms with Gasteiger partial charge < -0.3 is 9.64 Å². The van der Waals surface area contributed by atoms with E-state index in [4.69, 9.17) is 0 Å². The summed E-state index contributed by atoms with van der Waals surface area (Å²) in [7, 11) is 1.63. The molecule has 1 aliphatic heterocycles. The van der Waals surface area contributed by atoms with E-state index in [1.807, 2.05) is 0 Å². The number of ether oxygens (including phenoxy) is 1. The van der Waals surface area contributed by atoms with Crippen LogP contribution in [-0.4, -0.2) is 51.0 Å². The average Bonchev–Trinajstić information content (AvgIpc) is 2.86. The van der Waals surface area contributed by atoms with Gasteiger partial charge >= 0.3 is 12.1 Å². The lowest BCUT2D eigenvalue weighted by molar-refractivity contribution is -0.274. The van der Waals surface area contributed by atoms with Gasteiger partial charge in [0.2, 0.25) is 0 Å². The summed E-state index contributed by atoms with van der Waals surface area (Å²) in [5.74, 6) is 0.228. The van der Waals surface area contributed by atoms with Crippen LogP contribution in [0.5, 0.6) is 5.75 Å². The molecule has 3 aromatic rings. The van der Waals surface area contributed by atoms with Gasteiger partial charge in [-0.2, -0.15) is 10.2 Å². The number of nitrogens with zero attached hydrogens (tertiary/aromatic N) is 6. The van der Waals surface area contributed by atoms with Crippen molar-refractivity contribution in [3.63, 3.8) is 0 Å². The van der Waals surface area contributed by atoms with E-state index in [2.05, 4.69) is 44.4 Å². The third-order valence-electron chi connectivity index (χ3n) is 6.62. The monoisotopic (exact) mass is 500 g/mol. The second-order valence-electron chi connectivity index (χ2n) is 8.85. The predicted molar refractivity (Wildman–Crippen MR) is 129 cm³/mol. The first-order chi connectivity index (χ1) is 17.1. The molecule has 0 spiro atoms. The molecule has 0 amide bonds. The van der Waals surface area contributed by atoms with Gasteiger partial charge in [0.25, 0.3) is 0 Å². The van der Waals surface area contributed by atoms with Gasteiger partial charge in [-0.3, -0.25) is 9.47 Å². The largest absolute Gasteiger partial charge is 0.573 e. The number of hydrogen-bond donors (Lipinski definition) is 0. The first-order valence-electron chi connectivity index (χ1n) is 11.8. The number of nitriles is 1. The normalized spacial score (nSPS) is 18.9. The Hall–Kier alpha value is -3.65. The van der Waals surface area contributed by atoms with Gasteiger partial charge in [0.15, 0.2) is 5.82 Å². The van der Waals surface area contributed by atoms with Crippen molar-refractivity contribution in [3.8, 4) is 11.8 Å². The third kappa shape index (κ3) is 5.28. The number of fused-ring (bicyclic) bond motifs is 1. The Morgan fingerprint density at radius 1 is 1.06 bits per heavy atom. The van der Waals surface area contributed by atoms with Crippen LogP contribution in [0.15, 0.2) is 41.2 Å². The minimum Gasteiger partial charge on any atom is -0.406 e. The van der Waals surface area contributed by atoms with E-state index in [1.54, 1.807) is 31.3 Å². The van der Waals surface area contributed by atoms with Gasteiger partial charge in [-0.1, -0.05) is 26.0 Å². The van der Waals surface area contributed by atoms with E-state index < -0.39 is 12.1 Å². The number of anilines is 1. The standard InChI is InChI=1S/C25H27F3N6O2/c1-4-18-15-34(23-22-21(32(3)24(35)31-23)11-8-17(12-29)30-22)19(5-2)14-33(18)13-16-6-9-20(10-7-16)36-25(26,27)28/h6-11,18-19H,4-5,13-15H2,1-3H3/t18-,19+/m1/s1. The lowest BCUT2D eigenvalue weighted by Crippen LogP contribution is -2.58. The Bertz CT molecular complexity index is 1330. The van der Waals surface area contributed by atoms with Crippen molar-refractivity contribution in [2.24, 2.45) is 7.05 Å². The van der Waals surface area contributed by atoms with Gasteiger partial charge in [0.1, 0.15) is 23.0 Å². The molecule has 11 heteroatoms. The second-order valence-corrected chi connectivity index (χ2v) is 8.85. The van der Waals surface area contributed by atoms with E-state index in [1.165, 1.54) is 16.7 Å². The molecule has 0 N–H and O–H groups in total. The van der Waals surface area contributed by atoms with E-state index >= 15 is 0 Å². The fourth-order valence-electron chi connectivity index (χ4n) is 4.70. The topological polar surface area (TPSA) is 87.3 Å². The summed E-state index contributed by atoms with van der Waals surface area (Å²) in [6.07, 6.45) is -3.12. The maximum atomic E-state index is 12.7. The maximum absolute atomic E-state index is 12.7. The van der Waals surface area contributed by atoms with Crippen LogP contribution in [-0.2, 0) is 13.6 Å². The Morgan fingerprint density at radius 3 is 2.36 bits per heavy atom. The molecule has 0 saturated carbocycles. The molecule has 1 saturated heterocycles. The van der Waals surface area contributed by atoms with Crippen LogP contribution in [0.3, 0.4) is 0 Å². The number of aryl methyl sites for hydroxylation is 1. The zero-order valence-electron chi connectivity index (χ0n) is 20.3. The van der Waals surface area contributed by atoms with Crippen molar-refractivity contribution in [3.05, 3.63) is 58.1 Å². The molecule has 1 aliphatic rings. The van der Waals surface area contributed by atoms with Crippen molar-refractivity contribution in [1.29, 1.82) is 5.26 Å². The highest BCUT2D eigenvalue weighted by atomic mass is 19.4. The molecule has 4 rings (SSSR count). The lowest BCUT2D eigenvalue weighted by Gasteiger charge is -2.47. The van der Waals surface area contributed by atoms with E-state index in [9.17, 15) is 23.2 Å². The molecule has 0 bridgehead atoms.